The molecule has 0 radical (unpaired) electrons. The number of rotatable bonds is 4. The van der Waals surface area contributed by atoms with E-state index in [9.17, 15) is 14.4 Å². The maximum Gasteiger partial charge on any atom is 0.345 e. The normalized spacial score (nSPS) is 14.1. The first kappa shape index (κ1) is 18.5. The number of benzene rings is 1. The number of aromatic carboxylic acids is 1. The zero-order valence-corrected chi connectivity index (χ0v) is 15.8. The summed E-state index contributed by atoms with van der Waals surface area (Å²) in [4.78, 5) is 38.4. The van der Waals surface area contributed by atoms with Gasteiger partial charge in [-0.3, -0.25) is 9.59 Å². The van der Waals surface area contributed by atoms with Crippen molar-refractivity contribution >= 4 is 46.6 Å². The van der Waals surface area contributed by atoms with Crippen LogP contribution in [0.5, 0.6) is 0 Å². The Morgan fingerprint density at radius 1 is 1.08 bits per heavy atom. The maximum absolute atomic E-state index is 12.7. The lowest BCUT2D eigenvalue weighted by molar-refractivity contribution is 0.0701. The molecule has 0 spiro atoms. The van der Waals surface area contributed by atoms with Crippen molar-refractivity contribution in [2.75, 3.05) is 29.9 Å². The Morgan fingerprint density at radius 2 is 1.77 bits per heavy atom. The minimum Gasteiger partial charge on any atom is -0.477 e. The second-order valence-corrected chi connectivity index (χ2v) is 8.11. The molecule has 0 aliphatic carbocycles. The summed E-state index contributed by atoms with van der Waals surface area (Å²) in [6.07, 6.45) is 0. The average molecular weight is 390 g/mol. The first-order chi connectivity index (χ1) is 12.5. The van der Waals surface area contributed by atoms with Crippen LogP contribution in [0, 0.1) is 6.92 Å². The Bertz CT molecular complexity index is 857. The van der Waals surface area contributed by atoms with E-state index in [-0.39, 0.29) is 16.7 Å². The molecule has 0 bridgehead atoms. The van der Waals surface area contributed by atoms with Crippen molar-refractivity contribution in [1.29, 1.82) is 0 Å². The minimum atomic E-state index is -1.06. The van der Waals surface area contributed by atoms with Crippen LogP contribution in [-0.4, -0.2) is 52.4 Å². The number of carboxylic acid groups (broad SMARTS) is 1. The number of carbonyl (C=O) groups is 3. The molecule has 0 saturated carbocycles. The second kappa shape index (κ2) is 7.92. The number of amides is 2. The van der Waals surface area contributed by atoms with Gasteiger partial charge in [-0.2, -0.15) is 11.8 Å². The topological polar surface area (TPSA) is 86.7 Å². The summed E-state index contributed by atoms with van der Waals surface area (Å²) in [5, 5.41) is 11.8. The molecule has 2 heterocycles. The molecule has 1 aromatic carbocycles. The molecule has 3 rings (SSSR count). The molecule has 1 aliphatic rings. The second-order valence-electron chi connectivity index (χ2n) is 5.81. The smallest absolute Gasteiger partial charge is 0.345 e. The molecule has 136 valence electrons. The van der Waals surface area contributed by atoms with E-state index in [0.717, 1.165) is 35.9 Å². The number of nitrogens with zero attached hydrogens (tertiary/aromatic N) is 1. The van der Waals surface area contributed by atoms with Gasteiger partial charge in [0.25, 0.3) is 11.8 Å². The number of hydrogen-bond donors (Lipinski definition) is 2. The summed E-state index contributed by atoms with van der Waals surface area (Å²) in [5.74, 6) is 0.405. The lowest BCUT2D eigenvalue weighted by Crippen LogP contribution is -2.38. The van der Waals surface area contributed by atoms with Crippen molar-refractivity contribution in [3.05, 3.63) is 51.2 Å². The van der Waals surface area contributed by atoms with E-state index in [1.165, 1.54) is 12.1 Å². The number of thioether (sulfide) groups is 1. The third-order valence-electron chi connectivity index (χ3n) is 4.15. The Balaban J connectivity index is 1.79. The van der Waals surface area contributed by atoms with Gasteiger partial charge >= 0.3 is 5.97 Å². The number of carboxylic acids is 1. The third-order valence-corrected chi connectivity index (χ3v) is 6.17. The number of anilines is 1. The summed E-state index contributed by atoms with van der Waals surface area (Å²) in [7, 11) is 0. The van der Waals surface area contributed by atoms with Gasteiger partial charge < -0.3 is 15.3 Å². The van der Waals surface area contributed by atoms with Crippen LogP contribution in [0.2, 0.25) is 0 Å². The summed E-state index contributed by atoms with van der Waals surface area (Å²) >= 11 is 2.76. The van der Waals surface area contributed by atoms with Gasteiger partial charge in [-0.25, -0.2) is 4.79 Å². The zero-order valence-electron chi connectivity index (χ0n) is 14.2. The number of carbonyl (C=O) groups excluding carboxylic acids is 2. The van der Waals surface area contributed by atoms with Crippen molar-refractivity contribution in [2.24, 2.45) is 0 Å². The van der Waals surface area contributed by atoms with Crippen molar-refractivity contribution in [1.82, 2.24) is 4.90 Å². The van der Waals surface area contributed by atoms with Gasteiger partial charge in [0.1, 0.15) is 4.88 Å². The molecule has 0 unspecified atom stereocenters. The van der Waals surface area contributed by atoms with Gasteiger partial charge in [0.2, 0.25) is 0 Å². The molecule has 8 heteroatoms. The lowest BCUT2D eigenvalue weighted by Gasteiger charge is -2.27. The largest absolute Gasteiger partial charge is 0.477 e. The maximum atomic E-state index is 12.7. The quantitative estimate of drug-likeness (QED) is 0.837. The van der Waals surface area contributed by atoms with Crippen molar-refractivity contribution in [3.8, 4) is 0 Å². The highest BCUT2D eigenvalue weighted by molar-refractivity contribution is 7.99. The van der Waals surface area contributed by atoms with Crippen molar-refractivity contribution in [2.45, 2.75) is 6.92 Å². The van der Waals surface area contributed by atoms with Gasteiger partial charge in [0, 0.05) is 35.8 Å². The third kappa shape index (κ3) is 3.91. The number of nitrogens with one attached hydrogen (secondary N) is 1. The van der Waals surface area contributed by atoms with Crippen LogP contribution in [0.1, 0.15) is 35.3 Å². The Morgan fingerprint density at radius 3 is 2.42 bits per heavy atom. The van der Waals surface area contributed by atoms with Gasteiger partial charge in [0.15, 0.2) is 0 Å². The predicted octanol–water partition coefficient (Wildman–Crippen LogP) is 3.20. The summed E-state index contributed by atoms with van der Waals surface area (Å²) in [5.41, 5.74) is 1.84. The molecule has 1 saturated heterocycles. The number of hydrogen-bond acceptors (Lipinski definition) is 5. The fraction of sp³-hybridized carbons (Fsp3) is 0.278. The first-order valence-corrected chi connectivity index (χ1v) is 10.1. The van der Waals surface area contributed by atoms with E-state index in [2.05, 4.69) is 5.32 Å². The Hall–Kier alpha value is -2.32. The average Bonchev–Trinajstić information content (AvgIpc) is 3.14. The van der Waals surface area contributed by atoms with Crippen LogP contribution < -0.4 is 5.32 Å². The molecular formula is C18H18N2O4S2. The molecule has 2 N–H and O–H groups in total. The van der Waals surface area contributed by atoms with Gasteiger partial charge in [-0.15, -0.1) is 11.3 Å². The van der Waals surface area contributed by atoms with Gasteiger partial charge in [0.05, 0.1) is 4.88 Å². The standard InChI is InChI=1S/C18H18N2O4S2/c1-11-12(17(22)20-7-9-25-10-8-20)3-2-4-13(11)19-16(21)14-5-6-15(26-14)18(23)24/h2-6H,7-10H2,1H3,(H,19,21)(H,23,24). The van der Waals surface area contributed by atoms with E-state index in [1.54, 1.807) is 25.1 Å². The van der Waals surface area contributed by atoms with E-state index in [4.69, 9.17) is 5.11 Å². The molecule has 1 fully saturated rings. The minimum absolute atomic E-state index is 0.0248. The highest BCUT2D eigenvalue weighted by Crippen LogP contribution is 2.24. The SMILES string of the molecule is Cc1c(NC(=O)c2ccc(C(=O)O)s2)cccc1C(=O)N1CCSCC1. The fourth-order valence-electron chi connectivity index (χ4n) is 2.70. The molecule has 2 aromatic rings. The Kier molecular flexibility index (Phi) is 5.63. The monoisotopic (exact) mass is 390 g/mol. The Labute approximate surface area is 159 Å². The van der Waals surface area contributed by atoms with E-state index < -0.39 is 5.97 Å². The van der Waals surface area contributed by atoms with Crippen LogP contribution in [-0.2, 0) is 0 Å². The molecule has 0 atom stereocenters. The lowest BCUT2D eigenvalue weighted by atomic mass is 10.1. The first-order valence-electron chi connectivity index (χ1n) is 8.08. The van der Waals surface area contributed by atoms with Crippen LogP contribution in [0.4, 0.5) is 5.69 Å². The highest BCUT2D eigenvalue weighted by Gasteiger charge is 2.21. The molecule has 6 nitrogen and oxygen atoms in total. The molecule has 1 aromatic heterocycles. The molecule has 1 aliphatic heterocycles. The van der Waals surface area contributed by atoms with E-state index in [0.29, 0.717) is 21.7 Å². The van der Waals surface area contributed by atoms with E-state index >= 15 is 0 Å². The highest BCUT2D eigenvalue weighted by atomic mass is 32.2. The van der Waals surface area contributed by atoms with Crippen molar-refractivity contribution < 1.29 is 19.5 Å². The van der Waals surface area contributed by atoms with Crippen LogP contribution in [0.25, 0.3) is 0 Å². The van der Waals surface area contributed by atoms with Crippen LogP contribution in [0.15, 0.2) is 30.3 Å². The predicted molar refractivity (Wildman–Crippen MR) is 104 cm³/mol. The van der Waals surface area contributed by atoms with Crippen molar-refractivity contribution in [3.63, 3.8) is 0 Å². The summed E-state index contributed by atoms with van der Waals surface area (Å²) in [6, 6.07) is 8.14. The van der Waals surface area contributed by atoms with Gasteiger partial charge in [-0.05, 0) is 36.8 Å². The molecule has 2 amide bonds. The molecular weight excluding hydrogens is 372 g/mol. The zero-order chi connectivity index (χ0) is 18.7. The van der Waals surface area contributed by atoms with Crippen LogP contribution in [0.3, 0.4) is 0 Å². The fourth-order valence-corrected chi connectivity index (χ4v) is 4.34. The molecule has 26 heavy (non-hydrogen) atoms. The number of thiophene rings is 1. The van der Waals surface area contributed by atoms with Crippen LogP contribution >= 0.6 is 23.1 Å². The van der Waals surface area contributed by atoms with E-state index in [1.807, 2.05) is 16.7 Å². The summed E-state index contributed by atoms with van der Waals surface area (Å²) in [6.45, 7) is 3.26. The summed E-state index contributed by atoms with van der Waals surface area (Å²) < 4.78 is 0. The van der Waals surface area contributed by atoms with Gasteiger partial charge in [-0.1, -0.05) is 6.07 Å².